The van der Waals surface area contributed by atoms with Gasteiger partial charge in [-0.05, 0) is 50.0 Å². The second-order valence-electron chi connectivity index (χ2n) is 6.20. The fourth-order valence-electron chi connectivity index (χ4n) is 3.64. The van der Waals surface area contributed by atoms with Crippen LogP contribution < -0.4 is 10.5 Å². The maximum atomic E-state index is 6.28. The number of fused-ring (bicyclic) bond motifs is 1. The lowest BCUT2D eigenvalue weighted by Crippen LogP contribution is -2.34. The molecule has 1 heterocycles. The Bertz CT molecular complexity index is 486. The van der Waals surface area contributed by atoms with E-state index in [0.29, 0.717) is 6.04 Å². The van der Waals surface area contributed by atoms with Gasteiger partial charge in [-0.15, -0.1) is 0 Å². The van der Waals surface area contributed by atoms with Crippen molar-refractivity contribution < 1.29 is 4.74 Å². The predicted octanol–water partition coefficient (Wildman–Crippen LogP) is 3.37. The minimum absolute atomic E-state index is 0.701. The lowest BCUT2D eigenvalue weighted by atomic mass is 10.1. The van der Waals surface area contributed by atoms with E-state index in [4.69, 9.17) is 22.1 Å². The van der Waals surface area contributed by atoms with Gasteiger partial charge in [0.25, 0.3) is 0 Å². The zero-order valence-electron chi connectivity index (χ0n) is 12.6. The van der Waals surface area contributed by atoms with Gasteiger partial charge < -0.3 is 10.5 Å². The fraction of sp³-hybridized carbons (Fsp3) is 0.647. The summed E-state index contributed by atoms with van der Waals surface area (Å²) < 4.78 is 5.84. The Hall–Kier alpha value is -0.770. The third-order valence-electron chi connectivity index (χ3n) is 4.69. The van der Waals surface area contributed by atoms with Crippen LogP contribution in [0, 0.1) is 0 Å². The lowest BCUT2D eigenvalue weighted by molar-refractivity contribution is 0.186. The largest absolute Gasteiger partial charge is 0.493 e. The van der Waals surface area contributed by atoms with Crippen LogP contribution in [0.1, 0.15) is 43.2 Å². The van der Waals surface area contributed by atoms with Crippen LogP contribution in [0.3, 0.4) is 0 Å². The summed E-state index contributed by atoms with van der Waals surface area (Å²) in [6, 6.07) is 4.83. The van der Waals surface area contributed by atoms with Crippen molar-refractivity contribution in [2.75, 3.05) is 19.7 Å². The van der Waals surface area contributed by atoms with Gasteiger partial charge in [0.05, 0.1) is 6.61 Å². The minimum Gasteiger partial charge on any atom is -0.493 e. The van der Waals surface area contributed by atoms with Gasteiger partial charge in [0.1, 0.15) is 5.75 Å². The molecule has 2 N–H and O–H groups in total. The Kier molecular flexibility index (Phi) is 5.04. The molecule has 0 bridgehead atoms. The highest BCUT2D eigenvalue weighted by molar-refractivity contribution is 6.30. The molecule has 116 valence electrons. The van der Waals surface area contributed by atoms with Crippen molar-refractivity contribution in [2.24, 2.45) is 5.73 Å². The first-order valence-corrected chi connectivity index (χ1v) is 8.54. The number of nitrogens with zero attached hydrogens (tertiary/aromatic N) is 1. The molecule has 0 unspecified atom stereocenters. The molecule has 1 aliphatic carbocycles. The van der Waals surface area contributed by atoms with Crippen molar-refractivity contribution in [3.05, 3.63) is 28.3 Å². The van der Waals surface area contributed by atoms with E-state index in [9.17, 15) is 0 Å². The Morgan fingerprint density at radius 3 is 2.86 bits per heavy atom. The molecule has 21 heavy (non-hydrogen) atoms. The van der Waals surface area contributed by atoms with Crippen molar-refractivity contribution in [1.29, 1.82) is 0 Å². The van der Waals surface area contributed by atoms with E-state index in [0.717, 1.165) is 49.9 Å². The number of hydrogen-bond acceptors (Lipinski definition) is 3. The summed E-state index contributed by atoms with van der Waals surface area (Å²) in [5, 5.41) is 0.833. The van der Waals surface area contributed by atoms with E-state index in [1.807, 2.05) is 6.07 Å². The molecule has 2 aliphatic rings. The lowest BCUT2D eigenvalue weighted by Gasteiger charge is -2.29. The Morgan fingerprint density at radius 1 is 1.29 bits per heavy atom. The average molecular weight is 309 g/mol. The van der Waals surface area contributed by atoms with E-state index in [1.54, 1.807) is 0 Å². The van der Waals surface area contributed by atoms with Crippen molar-refractivity contribution in [1.82, 2.24) is 4.90 Å². The van der Waals surface area contributed by atoms with E-state index in [1.165, 1.54) is 36.8 Å². The molecule has 0 radical (unpaired) electrons. The SMILES string of the molecule is NCCCN(Cc1cc(Cl)cc2c1OCC2)C1CCCC1. The molecule has 1 aliphatic heterocycles. The highest BCUT2D eigenvalue weighted by atomic mass is 35.5. The maximum absolute atomic E-state index is 6.28. The minimum atomic E-state index is 0.701. The maximum Gasteiger partial charge on any atom is 0.127 e. The topological polar surface area (TPSA) is 38.5 Å². The van der Waals surface area contributed by atoms with Gasteiger partial charge in [-0.1, -0.05) is 24.4 Å². The molecular weight excluding hydrogens is 284 g/mol. The first-order chi connectivity index (χ1) is 10.3. The molecule has 0 amide bonds. The smallest absolute Gasteiger partial charge is 0.127 e. The summed E-state index contributed by atoms with van der Waals surface area (Å²) >= 11 is 6.28. The van der Waals surface area contributed by atoms with Crippen LogP contribution in [-0.4, -0.2) is 30.6 Å². The number of hydrogen-bond donors (Lipinski definition) is 1. The summed E-state index contributed by atoms with van der Waals surface area (Å²) in [4.78, 5) is 2.59. The van der Waals surface area contributed by atoms with Crippen LogP contribution >= 0.6 is 11.6 Å². The standard InChI is InChI=1S/C17H25ClN2O/c18-15-10-13-6-9-21-17(13)14(11-15)12-20(8-3-7-19)16-4-1-2-5-16/h10-11,16H,1-9,12,19H2. The van der Waals surface area contributed by atoms with Gasteiger partial charge in [0.15, 0.2) is 0 Å². The van der Waals surface area contributed by atoms with E-state index in [-0.39, 0.29) is 0 Å². The van der Waals surface area contributed by atoms with Gasteiger partial charge in [-0.25, -0.2) is 0 Å². The molecule has 4 heteroatoms. The molecule has 1 saturated carbocycles. The van der Waals surface area contributed by atoms with E-state index < -0.39 is 0 Å². The second kappa shape index (κ2) is 6.99. The van der Waals surface area contributed by atoms with Gasteiger partial charge in [0.2, 0.25) is 0 Å². The molecule has 1 aromatic carbocycles. The van der Waals surface area contributed by atoms with Gasteiger partial charge in [-0.2, -0.15) is 0 Å². The number of rotatable bonds is 6. The van der Waals surface area contributed by atoms with Gasteiger partial charge in [-0.3, -0.25) is 4.90 Å². The zero-order valence-corrected chi connectivity index (χ0v) is 13.4. The molecule has 0 spiro atoms. The van der Waals surface area contributed by atoms with Crippen molar-refractivity contribution in [3.8, 4) is 5.75 Å². The normalized spacial score (nSPS) is 18.2. The van der Waals surface area contributed by atoms with Crippen LogP contribution in [0.2, 0.25) is 5.02 Å². The van der Waals surface area contributed by atoms with Crippen LogP contribution in [-0.2, 0) is 13.0 Å². The predicted molar refractivity (Wildman–Crippen MR) is 87.0 cm³/mol. The highest BCUT2D eigenvalue weighted by Gasteiger charge is 2.25. The average Bonchev–Trinajstić information content (AvgIpc) is 3.13. The number of halogens is 1. The van der Waals surface area contributed by atoms with Crippen molar-refractivity contribution in [3.63, 3.8) is 0 Å². The van der Waals surface area contributed by atoms with E-state index >= 15 is 0 Å². The fourth-order valence-corrected chi connectivity index (χ4v) is 3.90. The van der Waals surface area contributed by atoms with Gasteiger partial charge >= 0.3 is 0 Å². The summed E-state index contributed by atoms with van der Waals surface area (Å²) in [5.74, 6) is 1.08. The number of ether oxygens (including phenoxy) is 1. The molecule has 0 atom stereocenters. The first kappa shape index (κ1) is 15.1. The van der Waals surface area contributed by atoms with Crippen molar-refractivity contribution >= 4 is 11.6 Å². The summed E-state index contributed by atoms with van der Waals surface area (Å²) in [6.45, 7) is 3.55. The third-order valence-corrected chi connectivity index (χ3v) is 4.91. The zero-order chi connectivity index (χ0) is 14.7. The monoisotopic (exact) mass is 308 g/mol. The first-order valence-electron chi connectivity index (χ1n) is 8.16. The van der Waals surface area contributed by atoms with Crippen LogP contribution in [0.25, 0.3) is 0 Å². The summed E-state index contributed by atoms with van der Waals surface area (Å²) in [5.41, 5.74) is 8.23. The summed E-state index contributed by atoms with van der Waals surface area (Å²) in [7, 11) is 0. The highest BCUT2D eigenvalue weighted by Crippen LogP contribution is 2.35. The Morgan fingerprint density at radius 2 is 2.10 bits per heavy atom. The third kappa shape index (κ3) is 3.53. The molecule has 1 fully saturated rings. The molecular formula is C17H25ClN2O. The Labute approximate surface area is 132 Å². The molecule has 0 saturated heterocycles. The van der Waals surface area contributed by atoms with Crippen LogP contribution in [0.15, 0.2) is 12.1 Å². The number of nitrogens with two attached hydrogens (primary N) is 1. The molecule has 0 aromatic heterocycles. The Balaban J connectivity index is 1.78. The van der Waals surface area contributed by atoms with Crippen LogP contribution in [0.4, 0.5) is 0 Å². The van der Waals surface area contributed by atoms with Gasteiger partial charge in [0, 0.05) is 29.6 Å². The summed E-state index contributed by atoms with van der Waals surface area (Å²) in [6.07, 6.45) is 7.37. The quantitative estimate of drug-likeness (QED) is 0.875. The van der Waals surface area contributed by atoms with E-state index in [2.05, 4.69) is 11.0 Å². The van der Waals surface area contributed by atoms with Crippen molar-refractivity contribution in [2.45, 2.75) is 51.1 Å². The molecule has 3 rings (SSSR count). The molecule has 3 nitrogen and oxygen atoms in total. The molecule has 1 aromatic rings. The number of benzene rings is 1. The second-order valence-corrected chi connectivity index (χ2v) is 6.64. The van der Waals surface area contributed by atoms with Crippen LogP contribution in [0.5, 0.6) is 5.75 Å².